The number of aliphatic carboxylic acids is 2. The van der Waals surface area contributed by atoms with Gasteiger partial charge in [-0.05, 0) is 0 Å². The minimum absolute atomic E-state index is 0.566. The van der Waals surface area contributed by atoms with E-state index in [1.165, 1.54) is 0 Å². The van der Waals surface area contributed by atoms with Gasteiger partial charge in [-0.2, -0.15) is 0 Å². The molecule has 5 nitrogen and oxygen atoms in total. The molecule has 0 aromatic rings. The second kappa shape index (κ2) is 2.56. The lowest BCUT2D eigenvalue weighted by Gasteiger charge is -2.16. The molecule has 70 valence electrons. The Kier molecular flexibility index (Phi) is 1.63. The number of hydrogen-bond acceptors (Lipinski definition) is 3. The van der Waals surface area contributed by atoms with E-state index in [2.05, 4.69) is 0 Å². The molecule has 0 aliphatic carbocycles. The fraction of sp³-hybridized carbons (Fsp3) is 0.500. The molecular weight excluding hydrogens is 176 g/mol. The first-order valence-electron chi connectivity index (χ1n) is 3.90. The number of fused-ring (bicyclic) bond motifs is 2. The molecule has 0 aromatic heterocycles. The van der Waals surface area contributed by atoms with Gasteiger partial charge in [0.25, 0.3) is 0 Å². The zero-order valence-electron chi connectivity index (χ0n) is 6.58. The maximum Gasteiger partial charge on any atom is 0.310 e. The Morgan fingerprint density at radius 2 is 1.38 bits per heavy atom. The summed E-state index contributed by atoms with van der Waals surface area (Å²) in [7, 11) is 0. The average molecular weight is 184 g/mol. The summed E-state index contributed by atoms with van der Waals surface area (Å²) in [6.07, 6.45) is 2.10. The van der Waals surface area contributed by atoms with Crippen LogP contribution in [0.4, 0.5) is 0 Å². The third-order valence-corrected chi connectivity index (χ3v) is 2.47. The first kappa shape index (κ1) is 8.25. The van der Waals surface area contributed by atoms with Crippen LogP contribution in [-0.4, -0.2) is 34.4 Å². The van der Waals surface area contributed by atoms with E-state index >= 15 is 0 Å². The van der Waals surface area contributed by atoms with E-state index in [1.54, 1.807) is 12.2 Å². The van der Waals surface area contributed by atoms with Crippen molar-refractivity contribution in [3.05, 3.63) is 12.2 Å². The fourth-order valence-electron chi connectivity index (χ4n) is 1.90. The highest BCUT2D eigenvalue weighted by Gasteiger charge is 2.53. The smallest absolute Gasteiger partial charge is 0.310 e. The number of carboxylic acid groups (broad SMARTS) is 2. The van der Waals surface area contributed by atoms with Crippen LogP contribution in [0.2, 0.25) is 0 Å². The minimum atomic E-state index is -1.11. The molecule has 2 N–H and O–H groups in total. The third kappa shape index (κ3) is 1.04. The van der Waals surface area contributed by atoms with E-state index in [-0.39, 0.29) is 0 Å². The van der Waals surface area contributed by atoms with Gasteiger partial charge in [0.05, 0.1) is 12.2 Å². The number of ether oxygens (including phenoxy) is 1. The van der Waals surface area contributed by atoms with Crippen molar-refractivity contribution in [1.29, 1.82) is 0 Å². The van der Waals surface area contributed by atoms with Crippen LogP contribution in [0.25, 0.3) is 0 Å². The van der Waals surface area contributed by atoms with Gasteiger partial charge in [0.1, 0.15) is 11.8 Å². The van der Waals surface area contributed by atoms with E-state index in [0.717, 1.165) is 0 Å². The lowest BCUT2D eigenvalue weighted by Crippen LogP contribution is -2.36. The first-order chi connectivity index (χ1) is 6.11. The molecule has 2 heterocycles. The van der Waals surface area contributed by atoms with Crippen molar-refractivity contribution in [2.24, 2.45) is 11.8 Å². The number of hydrogen-bond donors (Lipinski definition) is 2. The Labute approximate surface area is 73.6 Å². The second-order valence-electron chi connectivity index (χ2n) is 3.18. The zero-order chi connectivity index (χ0) is 9.59. The van der Waals surface area contributed by atoms with Gasteiger partial charge in [0.2, 0.25) is 0 Å². The van der Waals surface area contributed by atoms with Crippen LogP contribution >= 0.6 is 0 Å². The number of rotatable bonds is 2. The molecule has 2 aliphatic rings. The summed E-state index contributed by atoms with van der Waals surface area (Å²) in [5.74, 6) is -4.09. The lowest BCUT2D eigenvalue weighted by atomic mass is 9.83. The molecule has 1 fully saturated rings. The first-order valence-corrected chi connectivity index (χ1v) is 3.90. The Balaban J connectivity index is 2.30. The molecule has 2 unspecified atom stereocenters. The molecule has 0 amide bonds. The molecule has 5 heteroatoms. The Hall–Kier alpha value is -1.36. The van der Waals surface area contributed by atoms with Gasteiger partial charge in [-0.3, -0.25) is 9.59 Å². The maximum atomic E-state index is 10.7. The van der Waals surface area contributed by atoms with Gasteiger partial charge in [0.15, 0.2) is 0 Å². The topological polar surface area (TPSA) is 83.8 Å². The van der Waals surface area contributed by atoms with Crippen molar-refractivity contribution in [3.63, 3.8) is 0 Å². The lowest BCUT2D eigenvalue weighted by molar-refractivity contribution is -0.152. The van der Waals surface area contributed by atoms with E-state index in [4.69, 9.17) is 14.9 Å². The van der Waals surface area contributed by atoms with Crippen molar-refractivity contribution in [2.75, 3.05) is 0 Å². The van der Waals surface area contributed by atoms with Crippen molar-refractivity contribution in [3.8, 4) is 0 Å². The number of carboxylic acids is 2. The minimum Gasteiger partial charge on any atom is -0.481 e. The second-order valence-corrected chi connectivity index (χ2v) is 3.18. The average Bonchev–Trinajstić information content (AvgIpc) is 2.60. The van der Waals surface area contributed by atoms with Gasteiger partial charge in [0, 0.05) is 0 Å². The highest BCUT2D eigenvalue weighted by atomic mass is 16.5. The van der Waals surface area contributed by atoms with Crippen molar-refractivity contribution < 1.29 is 24.5 Å². The monoisotopic (exact) mass is 184 g/mol. The summed E-state index contributed by atoms with van der Waals surface area (Å²) < 4.78 is 5.15. The van der Waals surface area contributed by atoms with E-state index in [1.807, 2.05) is 0 Å². The highest BCUT2D eigenvalue weighted by molar-refractivity contribution is 5.82. The largest absolute Gasteiger partial charge is 0.481 e. The van der Waals surface area contributed by atoms with E-state index in [9.17, 15) is 9.59 Å². The molecule has 1 saturated heterocycles. The Morgan fingerprint density at radius 1 is 1.00 bits per heavy atom. The Morgan fingerprint density at radius 3 is 1.69 bits per heavy atom. The summed E-state index contributed by atoms with van der Waals surface area (Å²) >= 11 is 0. The standard InChI is InChI=1S/C8H8O5/c9-7(10)5-3-1-2-4(13-3)6(5)8(11)12/h1-6H,(H,9,10)(H,11,12)/t3-,4+,5?,6?. The Bertz CT molecular complexity index is 267. The highest BCUT2D eigenvalue weighted by Crippen LogP contribution is 2.39. The van der Waals surface area contributed by atoms with Crippen LogP contribution < -0.4 is 0 Å². The van der Waals surface area contributed by atoms with Crippen LogP contribution in [0.1, 0.15) is 0 Å². The van der Waals surface area contributed by atoms with Crippen LogP contribution in [-0.2, 0) is 14.3 Å². The maximum absolute atomic E-state index is 10.7. The summed E-state index contributed by atoms with van der Waals surface area (Å²) in [5.41, 5.74) is 0. The molecule has 2 rings (SSSR count). The SMILES string of the molecule is O=C(O)C1C(C(=O)O)[C@H]2C=C[C@@H]1O2. The molecule has 2 aliphatic heterocycles. The summed E-state index contributed by atoms with van der Waals surface area (Å²) in [6.45, 7) is 0. The van der Waals surface area contributed by atoms with E-state index in [0.29, 0.717) is 0 Å². The predicted molar refractivity (Wildman–Crippen MR) is 40.1 cm³/mol. The van der Waals surface area contributed by atoms with Crippen LogP contribution in [0.15, 0.2) is 12.2 Å². The normalized spacial score (nSPS) is 40.9. The van der Waals surface area contributed by atoms with Gasteiger partial charge in [-0.25, -0.2) is 0 Å². The molecule has 0 radical (unpaired) electrons. The van der Waals surface area contributed by atoms with E-state index < -0.39 is 36.0 Å². The van der Waals surface area contributed by atoms with Crippen molar-refractivity contribution in [1.82, 2.24) is 0 Å². The zero-order valence-corrected chi connectivity index (χ0v) is 6.58. The molecule has 4 atom stereocenters. The van der Waals surface area contributed by atoms with Crippen LogP contribution in [0, 0.1) is 11.8 Å². The van der Waals surface area contributed by atoms with Crippen molar-refractivity contribution >= 4 is 11.9 Å². The summed E-state index contributed by atoms with van der Waals surface area (Å²) in [4.78, 5) is 21.5. The van der Waals surface area contributed by atoms with Crippen molar-refractivity contribution in [2.45, 2.75) is 12.2 Å². The molecule has 13 heavy (non-hydrogen) atoms. The quantitative estimate of drug-likeness (QED) is 0.577. The van der Waals surface area contributed by atoms with Crippen LogP contribution in [0.5, 0.6) is 0 Å². The summed E-state index contributed by atoms with van der Waals surface area (Å²) in [5, 5.41) is 17.6. The van der Waals surface area contributed by atoms with Gasteiger partial charge >= 0.3 is 11.9 Å². The van der Waals surface area contributed by atoms with Gasteiger partial charge < -0.3 is 14.9 Å². The van der Waals surface area contributed by atoms with Gasteiger partial charge in [-0.1, -0.05) is 12.2 Å². The molecular formula is C8H8O5. The number of carbonyl (C=O) groups is 2. The molecule has 0 saturated carbocycles. The molecule has 2 bridgehead atoms. The fourth-order valence-corrected chi connectivity index (χ4v) is 1.90. The van der Waals surface area contributed by atoms with Crippen LogP contribution in [0.3, 0.4) is 0 Å². The molecule has 0 aromatic carbocycles. The molecule has 0 spiro atoms. The van der Waals surface area contributed by atoms with Gasteiger partial charge in [-0.15, -0.1) is 0 Å². The summed E-state index contributed by atoms with van der Waals surface area (Å²) in [6, 6.07) is 0. The predicted octanol–water partition coefficient (Wildman–Crippen LogP) is -0.275. The third-order valence-electron chi connectivity index (χ3n) is 2.47.